The predicted octanol–water partition coefficient (Wildman–Crippen LogP) is 5.20. The SMILES string of the molecule is CCCCCCCC(O)c1ccc(C(C)C)cc1. The van der Waals surface area contributed by atoms with E-state index in [0.717, 1.165) is 18.4 Å². The van der Waals surface area contributed by atoms with Crippen molar-refractivity contribution in [3.8, 4) is 0 Å². The van der Waals surface area contributed by atoms with Crippen molar-refractivity contribution in [1.29, 1.82) is 0 Å². The van der Waals surface area contributed by atoms with Gasteiger partial charge in [0.05, 0.1) is 6.10 Å². The molecule has 18 heavy (non-hydrogen) atoms. The highest BCUT2D eigenvalue weighted by atomic mass is 16.3. The third kappa shape index (κ3) is 5.22. The highest BCUT2D eigenvalue weighted by molar-refractivity contribution is 5.25. The highest BCUT2D eigenvalue weighted by Crippen LogP contribution is 2.22. The minimum atomic E-state index is -0.284. The van der Waals surface area contributed by atoms with Crippen molar-refractivity contribution in [3.63, 3.8) is 0 Å². The minimum Gasteiger partial charge on any atom is -0.388 e. The highest BCUT2D eigenvalue weighted by Gasteiger charge is 2.07. The smallest absolute Gasteiger partial charge is 0.0790 e. The lowest BCUT2D eigenvalue weighted by Gasteiger charge is -2.12. The van der Waals surface area contributed by atoms with E-state index >= 15 is 0 Å². The van der Waals surface area contributed by atoms with Gasteiger partial charge in [0.25, 0.3) is 0 Å². The lowest BCUT2D eigenvalue weighted by Crippen LogP contribution is -1.98. The predicted molar refractivity (Wildman–Crippen MR) is 78.9 cm³/mol. The van der Waals surface area contributed by atoms with Crippen molar-refractivity contribution >= 4 is 0 Å². The van der Waals surface area contributed by atoms with Crippen molar-refractivity contribution < 1.29 is 5.11 Å². The van der Waals surface area contributed by atoms with Gasteiger partial charge in [-0.25, -0.2) is 0 Å². The van der Waals surface area contributed by atoms with Crippen LogP contribution in [0, 0.1) is 0 Å². The first-order chi connectivity index (χ1) is 8.65. The van der Waals surface area contributed by atoms with Gasteiger partial charge < -0.3 is 5.11 Å². The second kappa shape index (κ2) is 8.31. The quantitative estimate of drug-likeness (QED) is 0.627. The van der Waals surface area contributed by atoms with Gasteiger partial charge in [-0.2, -0.15) is 0 Å². The van der Waals surface area contributed by atoms with Crippen LogP contribution in [0.4, 0.5) is 0 Å². The molecule has 0 saturated heterocycles. The molecule has 0 aliphatic carbocycles. The van der Waals surface area contributed by atoms with Gasteiger partial charge in [0.15, 0.2) is 0 Å². The van der Waals surface area contributed by atoms with Crippen molar-refractivity contribution in [2.24, 2.45) is 0 Å². The van der Waals surface area contributed by atoms with Crippen molar-refractivity contribution in [2.75, 3.05) is 0 Å². The molecule has 0 amide bonds. The van der Waals surface area contributed by atoms with E-state index in [9.17, 15) is 5.11 Å². The first kappa shape index (κ1) is 15.2. The Morgan fingerprint density at radius 3 is 2.00 bits per heavy atom. The van der Waals surface area contributed by atoms with E-state index in [2.05, 4.69) is 45.0 Å². The number of benzene rings is 1. The molecule has 0 fully saturated rings. The van der Waals surface area contributed by atoms with Gasteiger partial charge in [0, 0.05) is 0 Å². The van der Waals surface area contributed by atoms with E-state index in [1.807, 2.05) is 0 Å². The second-order valence-corrected chi connectivity index (χ2v) is 5.54. The fraction of sp³-hybridized carbons (Fsp3) is 0.647. The van der Waals surface area contributed by atoms with Gasteiger partial charge in [-0.15, -0.1) is 0 Å². The van der Waals surface area contributed by atoms with E-state index in [0.29, 0.717) is 5.92 Å². The fourth-order valence-electron chi connectivity index (χ4n) is 2.21. The summed E-state index contributed by atoms with van der Waals surface area (Å²) in [7, 11) is 0. The zero-order valence-corrected chi connectivity index (χ0v) is 12.2. The van der Waals surface area contributed by atoms with Gasteiger partial charge in [0.2, 0.25) is 0 Å². The summed E-state index contributed by atoms with van der Waals surface area (Å²) in [5.74, 6) is 0.560. The molecule has 0 spiro atoms. The maximum Gasteiger partial charge on any atom is 0.0790 e. The Labute approximate surface area is 112 Å². The summed E-state index contributed by atoms with van der Waals surface area (Å²) < 4.78 is 0. The summed E-state index contributed by atoms with van der Waals surface area (Å²) in [6.07, 6.45) is 6.88. The maximum absolute atomic E-state index is 10.1. The fourth-order valence-corrected chi connectivity index (χ4v) is 2.21. The normalized spacial score (nSPS) is 12.9. The van der Waals surface area contributed by atoms with Gasteiger partial charge in [0.1, 0.15) is 0 Å². The summed E-state index contributed by atoms with van der Waals surface area (Å²) in [5.41, 5.74) is 2.41. The minimum absolute atomic E-state index is 0.284. The van der Waals surface area contributed by atoms with Gasteiger partial charge in [-0.3, -0.25) is 0 Å². The molecule has 1 heteroatoms. The molecule has 1 aromatic rings. The Hall–Kier alpha value is -0.820. The van der Waals surface area contributed by atoms with E-state index < -0.39 is 0 Å². The molecule has 0 aliphatic rings. The molecule has 0 radical (unpaired) electrons. The summed E-state index contributed by atoms with van der Waals surface area (Å²) >= 11 is 0. The Balaban J connectivity index is 2.34. The van der Waals surface area contributed by atoms with Crippen LogP contribution in [0.5, 0.6) is 0 Å². The Kier molecular flexibility index (Phi) is 7.04. The molecule has 1 rings (SSSR count). The Bertz CT molecular complexity index is 313. The summed E-state index contributed by atoms with van der Waals surface area (Å²) in [6, 6.07) is 8.43. The van der Waals surface area contributed by atoms with Crippen LogP contribution in [0.3, 0.4) is 0 Å². The van der Waals surface area contributed by atoms with Crippen molar-refractivity contribution in [2.45, 2.75) is 71.3 Å². The molecule has 1 atom stereocenters. The molecule has 1 unspecified atom stereocenters. The van der Waals surface area contributed by atoms with Crippen LogP contribution in [0.2, 0.25) is 0 Å². The lowest BCUT2D eigenvalue weighted by molar-refractivity contribution is 0.163. The van der Waals surface area contributed by atoms with Crippen LogP contribution < -0.4 is 0 Å². The van der Waals surface area contributed by atoms with Gasteiger partial charge in [-0.05, 0) is 23.5 Å². The van der Waals surface area contributed by atoms with E-state index in [-0.39, 0.29) is 6.10 Å². The molecule has 0 aromatic heterocycles. The summed E-state index contributed by atoms with van der Waals surface area (Å²) in [4.78, 5) is 0. The number of rotatable bonds is 8. The summed E-state index contributed by atoms with van der Waals surface area (Å²) in [6.45, 7) is 6.61. The van der Waals surface area contributed by atoms with E-state index in [1.54, 1.807) is 0 Å². The van der Waals surface area contributed by atoms with Crippen LogP contribution in [0.25, 0.3) is 0 Å². The van der Waals surface area contributed by atoms with Gasteiger partial charge >= 0.3 is 0 Å². The average molecular weight is 248 g/mol. The van der Waals surface area contributed by atoms with Crippen molar-refractivity contribution in [3.05, 3.63) is 35.4 Å². The first-order valence-corrected chi connectivity index (χ1v) is 7.43. The number of hydrogen-bond donors (Lipinski definition) is 1. The third-order valence-corrected chi connectivity index (χ3v) is 3.57. The molecular weight excluding hydrogens is 220 g/mol. The van der Waals surface area contributed by atoms with E-state index in [4.69, 9.17) is 0 Å². The monoisotopic (exact) mass is 248 g/mol. The largest absolute Gasteiger partial charge is 0.388 e. The maximum atomic E-state index is 10.1. The zero-order valence-electron chi connectivity index (χ0n) is 12.2. The van der Waals surface area contributed by atoms with Crippen LogP contribution >= 0.6 is 0 Å². The molecule has 1 N–H and O–H groups in total. The van der Waals surface area contributed by atoms with Crippen LogP contribution in [0.15, 0.2) is 24.3 Å². The second-order valence-electron chi connectivity index (χ2n) is 5.54. The third-order valence-electron chi connectivity index (χ3n) is 3.57. The molecular formula is C17H28O. The molecule has 1 aromatic carbocycles. The molecule has 102 valence electrons. The zero-order chi connectivity index (χ0) is 13.4. The first-order valence-electron chi connectivity index (χ1n) is 7.43. The van der Waals surface area contributed by atoms with Crippen LogP contribution in [-0.2, 0) is 0 Å². The summed E-state index contributed by atoms with van der Waals surface area (Å²) in [5, 5.41) is 10.1. The molecule has 0 aliphatic heterocycles. The number of unbranched alkanes of at least 4 members (excludes halogenated alkanes) is 4. The van der Waals surface area contributed by atoms with Crippen molar-refractivity contribution in [1.82, 2.24) is 0 Å². The average Bonchev–Trinajstić information content (AvgIpc) is 2.38. The van der Waals surface area contributed by atoms with Gasteiger partial charge in [-0.1, -0.05) is 77.1 Å². The van der Waals surface area contributed by atoms with Crippen LogP contribution in [0.1, 0.15) is 82.4 Å². The lowest BCUT2D eigenvalue weighted by atomic mass is 9.98. The van der Waals surface area contributed by atoms with Crippen LogP contribution in [-0.4, -0.2) is 5.11 Å². The number of aliphatic hydroxyl groups is 1. The molecule has 1 nitrogen and oxygen atoms in total. The standard InChI is InChI=1S/C17H28O/c1-4-5-6-7-8-9-17(18)16-12-10-15(11-13-16)14(2)3/h10-14,17-18H,4-9H2,1-3H3. The molecule has 0 heterocycles. The Morgan fingerprint density at radius 2 is 1.44 bits per heavy atom. The molecule has 0 saturated carbocycles. The number of aliphatic hydroxyl groups excluding tert-OH is 1. The Morgan fingerprint density at radius 1 is 0.889 bits per heavy atom. The topological polar surface area (TPSA) is 20.2 Å². The van der Waals surface area contributed by atoms with E-state index in [1.165, 1.54) is 31.2 Å². The molecule has 0 bridgehead atoms. The number of hydrogen-bond acceptors (Lipinski definition) is 1.